The normalized spacial score (nSPS) is 12.2. The Hall–Kier alpha value is -1.55. The molecule has 0 aliphatic rings. The Kier molecular flexibility index (Phi) is 3.09. The van der Waals surface area contributed by atoms with Crippen molar-refractivity contribution in [2.45, 2.75) is 13.0 Å². The van der Waals surface area contributed by atoms with Crippen molar-refractivity contribution in [2.24, 2.45) is 0 Å². The Morgan fingerprint density at radius 1 is 1.50 bits per heavy atom. The molecule has 1 atom stereocenters. The SMILES string of the molecule is COc1c(O)cccc1C(=O)C(C)O. The molecule has 1 rings (SSSR count). The van der Waals surface area contributed by atoms with Gasteiger partial charge in [0.15, 0.2) is 17.3 Å². The van der Waals surface area contributed by atoms with Crippen LogP contribution >= 0.6 is 0 Å². The Morgan fingerprint density at radius 2 is 2.14 bits per heavy atom. The molecule has 2 N–H and O–H groups in total. The molecule has 0 amide bonds. The number of aliphatic hydroxyl groups excluding tert-OH is 1. The van der Waals surface area contributed by atoms with E-state index < -0.39 is 11.9 Å². The molecule has 0 fully saturated rings. The van der Waals surface area contributed by atoms with Crippen LogP contribution in [0.3, 0.4) is 0 Å². The molecule has 1 unspecified atom stereocenters. The summed E-state index contributed by atoms with van der Waals surface area (Å²) in [7, 11) is 1.36. The third-order valence-electron chi connectivity index (χ3n) is 1.84. The van der Waals surface area contributed by atoms with E-state index in [0.717, 1.165) is 0 Å². The lowest BCUT2D eigenvalue weighted by Crippen LogP contribution is -2.16. The fraction of sp³-hybridized carbons (Fsp3) is 0.300. The quantitative estimate of drug-likeness (QED) is 0.707. The largest absolute Gasteiger partial charge is 0.504 e. The summed E-state index contributed by atoms with van der Waals surface area (Å²) >= 11 is 0. The van der Waals surface area contributed by atoms with Gasteiger partial charge >= 0.3 is 0 Å². The number of Topliss-reactive ketones (excluding diaryl/α,β-unsaturated/α-hetero) is 1. The highest BCUT2D eigenvalue weighted by Crippen LogP contribution is 2.30. The number of aliphatic hydroxyl groups is 1. The first-order valence-electron chi connectivity index (χ1n) is 4.16. The van der Waals surface area contributed by atoms with E-state index >= 15 is 0 Å². The lowest BCUT2D eigenvalue weighted by Gasteiger charge is -2.10. The van der Waals surface area contributed by atoms with Crippen LogP contribution in [0.4, 0.5) is 0 Å². The number of rotatable bonds is 3. The van der Waals surface area contributed by atoms with Crippen molar-refractivity contribution < 1.29 is 19.7 Å². The number of methoxy groups -OCH3 is 1. The minimum absolute atomic E-state index is 0.0957. The van der Waals surface area contributed by atoms with Crippen molar-refractivity contribution in [1.29, 1.82) is 0 Å². The van der Waals surface area contributed by atoms with Gasteiger partial charge in [-0.2, -0.15) is 0 Å². The van der Waals surface area contributed by atoms with Crippen LogP contribution in [-0.4, -0.2) is 29.2 Å². The average molecular weight is 196 g/mol. The van der Waals surface area contributed by atoms with Gasteiger partial charge in [0, 0.05) is 0 Å². The maximum Gasteiger partial charge on any atom is 0.194 e. The Labute approximate surface area is 81.8 Å². The molecule has 1 aromatic carbocycles. The maximum absolute atomic E-state index is 11.4. The summed E-state index contributed by atoms with van der Waals surface area (Å²) in [5.41, 5.74) is 0.183. The zero-order valence-corrected chi connectivity index (χ0v) is 8.02. The van der Waals surface area contributed by atoms with Crippen LogP contribution < -0.4 is 4.74 Å². The van der Waals surface area contributed by atoms with E-state index in [4.69, 9.17) is 9.84 Å². The molecule has 1 aromatic rings. The third-order valence-corrected chi connectivity index (χ3v) is 1.84. The summed E-state index contributed by atoms with van der Waals surface area (Å²) in [6, 6.07) is 4.43. The number of ketones is 1. The van der Waals surface area contributed by atoms with Crippen molar-refractivity contribution in [2.75, 3.05) is 7.11 Å². The van der Waals surface area contributed by atoms with E-state index in [0.29, 0.717) is 0 Å². The number of hydrogen-bond acceptors (Lipinski definition) is 4. The summed E-state index contributed by atoms with van der Waals surface area (Å²) in [5.74, 6) is -0.491. The number of aromatic hydroxyl groups is 1. The van der Waals surface area contributed by atoms with Crippen LogP contribution in [0.5, 0.6) is 11.5 Å². The molecule has 0 heterocycles. The molecule has 4 nitrogen and oxygen atoms in total. The fourth-order valence-electron chi connectivity index (χ4n) is 1.16. The van der Waals surface area contributed by atoms with E-state index in [1.165, 1.54) is 32.2 Å². The molecule has 76 valence electrons. The predicted molar refractivity (Wildman–Crippen MR) is 50.7 cm³/mol. The molecule has 0 spiro atoms. The molecule has 0 aromatic heterocycles. The average Bonchev–Trinajstić information content (AvgIpc) is 2.16. The standard InChI is InChI=1S/C10H12O4/c1-6(11)9(13)7-4-3-5-8(12)10(7)14-2/h3-6,11-12H,1-2H3. The second-order valence-corrected chi connectivity index (χ2v) is 2.90. The van der Waals surface area contributed by atoms with Crippen molar-refractivity contribution in [3.8, 4) is 11.5 Å². The highest BCUT2D eigenvalue weighted by molar-refractivity contribution is 6.02. The van der Waals surface area contributed by atoms with Crippen molar-refractivity contribution >= 4 is 5.78 Å². The van der Waals surface area contributed by atoms with Gasteiger partial charge in [-0.05, 0) is 19.1 Å². The van der Waals surface area contributed by atoms with Crippen molar-refractivity contribution in [3.63, 3.8) is 0 Å². The summed E-state index contributed by atoms with van der Waals surface area (Å²) in [4.78, 5) is 11.4. The van der Waals surface area contributed by atoms with Gasteiger partial charge < -0.3 is 14.9 Å². The smallest absolute Gasteiger partial charge is 0.194 e. The molecular weight excluding hydrogens is 184 g/mol. The van der Waals surface area contributed by atoms with Gasteiger partial charge in [0.2, 0.25) is 0 Å². The topological polar surface area (TPSA) is 66.8 Å². The van der Waals surface area contributed by atoms with Gasteiger partial charge in [-0.3, -0.25) is 4.79 Å². The second kappa shape index (κ2) is 4.11. The molecule has 0 saturated carbocycles. The van der Waals surface area contributed by atoms with Crippen LogP contribution in [0, 0.1) is 0 Å². The molecule has 0 bridgehead atoms. The summed E-state index contributed by atoms with van der Waals surface area (Å²) < 4.78 is 4.87. The summed E-state index contributed by atoms with van der Waals surface area (Å²) in [6.45, 7) is 1.37. The predicted octanol–water partition coefficient (Wildman–Crippen LogP) is 0.964. The van der Waals surface area contributed by atoms with Gasteiger partial charge in [-0.1, -0.05) is 6.07 Å². The molecule has 14 heavy (non-hydrogen) atoms. The van der Waals surface area contributed by atoms with Crippen LogP contribution in [0.25, 0.3) is 0 Å². The number of phenolic OH excluding ortho intramolecular Hbond substituents is 1. The number of carbonyl (C=O) groups is 1. The van der Waals surface area contributed by atoms with Crippen molar-refractivity contribution in [3.05, 3.63) is 23.8 Å². The number of ether oxygens (including phenoxy) is 1. The molecular formula is C10H12O4. The van der Waals surface area contributed by atoms with Crippen LogP contribution in [0.2, 0.25) is 0 Å². The number of carbonyl (C=O) groups excluding carboxylic acids is 1. The summed E-state index contributed by atoms with van der Waals surface area (Å²) in [6.07, 6.45) is -1.11. The molecule has 0 aliphatic heterocycles. The monoisotopic (exact) mass is 196 g/mol. The molecule has 0 aliphatic carbocycles. The molecule has 4 heteroatoms. The molecule has 0 radical (unpaired) electrons. The van der Waals surface area contributed by atoms with Gasteiger partial charge in [-0.25, -0.2) is 0 Å². The van der Waals surface area contributed by atoms with E-state index in [-0.39, 0.29) is 17.1 Å². The zero-order chi connectivity index (χ0) is 10.7. The maximum atomic E-state index is 11.4. The first kappa shape index (κ1) is 10.5. The van der Waals surface area contributed by atoms with Gasteiger partial charge in [0.05, 0.1) is 12.7 Å². The second-order valence-electron chi connectivity index (χ2n) is 2.90. The van der Waals surface area contributed by atoms with Gasteiger partial charge in [-0.15, -0.1) is 0 Å². The van der Waals surface area contributed by atoms with Gasteiger partial charge in [0.1, 0.15) is 6.10 Å². The number of para-hydroxylation sites is 1. The van der Waals surface area contributed by atoms with E-state index in [9.17, 15) is 9.90 Å². The minimum Gasteiger partial charge on any atom is -0.504 e. The summed E-state index contributed by atoms with van der Waals surface area (Å²) in [5, 5.41) is 18.5. The Bertz CT molecular complexity index is 344. The Balaban J connectivity index is 3.20. The van der Waals surface area contributed by atoms with Crippen molar-refractivity contribution in [1.82, 2.24) is 0 Å². The van der Waals surface area contributed by atoms with Crippen LogP contribution in [-0.2, 0) is 0 Å². The first-order valence-corrected chi connectivity index (χ1v) is 4.16. The minimum atomic E-state index is -1.11. The third kappa shape index (κ3) is 1.85. The van der Waals surface area contributed by atoms with Crippen LogP contribution in [0.1, 0.15) is 17.3 Å². The number of hydrogen-bond donors (Lipinski definition) is 2. The highest BCUT2D eigenvalue weighted by Gasteiger charge is 2.18. The van der Waals surface area contributed by atoms with Gasteiger partial charge in [0.25, 0.3) is 0 Å². The number of phenols is 1. The highest BCUT2D eigenvalue weighted by atomic mass is 16.5. The van der Waals surface area contributed by atoms with E-state index in [1.807, 2.05) is 0 Å². The fourth-order valence-corrected chi connectivity index (χ4v) is 1.16. The Morgan fingerprint density at radius 3 is 2.64 bits per heavy atom. The van der Waals surface area contributed by atoms with E-state index in [2.05, 4.69) is 0 Å². The molecule has 0 saturated heterocycles. The zero-order valence-electron chi connectivity index (χ0n) is 8.02. The van der Waals surface area contributed by atoms with E-state index in [1.54, 1.807) is 0 Å². The lowest BCUT2D eigenvalue weighted by atomic mass is 10.1. The first-order chi connectivity index (χ1) is 6.57. The number of benzene rings is 1. The van der Waals surface area contributed by atoms with Crippen LogP contribution in [0.15, 0.2) is 18.2 Å². The lowest BCUT2D eigenvalue weighted by molar-refractivity contribution is 0.0775.